The Balaban J connectivity index is 2.36. The van der Waals surface area contributed by atoms with Gasteiger partial charge in [-0.3, -0.25) is 0 Å². The molecule has 1 aromatic heterocycles. The quantitative estimate of drug-likeness (QED) is 0.565. The van der Waals surface area contributed by atoms with E-state index in [0.717, 1.165) is 20.3 Å². The maximum Gasteiger partial charge on any atom is 0.0960 e. The van der Waals surface area contributed by atoms with E-state index >= 15 is 0 Å². The van der Waals surface area contributed by atoms with Crippen LogP contribution in [0.25, 0.3) is 0 Å². The van der Waals surface area contributed by atoms with Gasteiger partial charge in [0.05, 0.1) is 19.8 Å². The molecule has 0 bridgehead atoms. The van der Waals surface area contributed by atoms with Crippen molar-refractivity contribution in [2.45, 2.75) is 12.3 Å². The van der Waals surface area contributed by atoms with Gasteiger partial charge in [-0.05, 0) is 36.2 Å². The van der Waals surface area contributed by atoms with Crippen molar-refractivity contribution >= 4 is 57.7 Å². The lowest BCUT2D eigenvalue weighted by atomic mass is 10.1. The molecule has 1 aromatic carbocycles. The zero-order valence-corrected chi connectivity index (χ0v) is 12.6. The van der Waals surface area contributed by atoms with Crippen LogP contribution in [-0.2, 0) is 0 Å². The van der Waals surface area contributed by atoms with Crippen molar-refractivity contribution in [3.8, 4) is 0 Å². The van der Waals surface area contributed by atoms with E-state index in [1.807, 2.05) is 19.1 Å². The molecule has 0 aliphatic heterocycles. The van der Waals surface area contributed by atoms with Crippen molar-refractivity contribution in [1.82, 2.24) is 0 Å². The average molecular weight is 326 g/mol. The monoisotopic (exact) mass is 324 g/mol. The fourth-order valence-corrected chi connectivity index (χ4v) is 3.31. The van der Waals surface area contributed by atoms with Gasteiger partial charge in [0, 0.05) is 4.88 Å². The van der Waals surface area contributed by atoms with E-state index < -0.39 is 0 Å². The molecule has 0 nitrogen and oxygen atoms in total. The number of alkyl halides is 1. The van der Waals surface area contributed by atoms with E-state index in [-0.39, 0.29) is 5.38 Å². The van der Waals surface area contributed by atoms with E-state index in [1.165, 1.54) is 11.3 Å². The second-order valence-electron chi connectivity index (χ2n) is 3.64. The highest BCUT2D eigenvalue weighted by Crippen LogP contribution is 2.39. The van der Waals surface area contributed by atoms with E-state index in [1.54, 1.807) is 12.1 Å². The molecule has 1 heterocycles. The van der Waals surface area contributed by atoms with E-state index in [0.29, 0.717) is 10.0 Å². The summed E-state index contributed by atoms with van der Waals surface area (Å²) in [5.74, 6) is 0. The van der Waals surface area contributed by atoms with Crippen molar-refractivity contribution < 1.29 is 0 Å². The van der Waals surface area contributed by atoms with Gasteiger partial charge in [-0.25, -0.2) is 0 Å². The minimum absolute atomic E-state index is 0.249. The first kappa shape index (κ1) is 13.5. The lowest BCUT2D eigenvalue weighted by Crippen LogP contribution is -1.90. The Morgan fingerprint density at radius 3 is 2.29 bits per heavy atom. The summed E-state index contributed by atoms with van der Waals surface area (Å²) in [7, 11) is 0. The standard InChI is InChI=1S/C12H8Cl4S/c1-6-4-10(17-12(6)16)11(15)7-2-3-8(13)9(14)5-7/h2-5,11H,1H3. The third kappa shape index (κ3) is 2.91. The maximum atomic E-state index is 6.39. The molecule has 2 aromatic rings. The number of rotatable bonds is 2. The van der Waals surface area contributed by atoms with Gasteiger partial charge in [-0.1, -0.05) is 40.9 Å². The molecule has 0 N–H and O–H groups in total. The molecular formula is C12H8Cl4S. The molecule has 90 valence electrons. The van der Waals surface area contributed by atoms with Crippen LogP contribution in [0.5, 0.6) is 0 Å². The van der Waals surface area contributed by atoms with Crippen LogP contribution >= 0.6 is 57.7 Å². The molecule has 0 fully saturated rings. The first-order chi connectivity index (χ1) is 7.99. The molecule has 0 amide bonds. The summed E-state index contributed by atoms with van der Waals surface area (Å²) >= 11 is 25.7. The van der Waals surface area contributed by atoms with Gasteiger partial charge in [-0.2, -0.15) is 0 Å². The molecule has 2 rings (SSSR count). The van der Waals surface area contributed by atoms with Crippen molar-refractivity contribution in [3.05, 3.63) is 54.7 Å². The van der Waals surface area contributed by atoms with Gasteiger partial charge in [0.15, 0.2) is 0 Å². The van der Waals surface area contributed by atoms with E-state index in [9.17, 15) is 0 Å². The van der Waals surface area contributed by atoms with Crippen LogP contribution in [-0.4, -0.2) is 0 Å². The van der Waals surface area contributed by atoms with Crippen LogP contribution in [0.4, 0.5) is 0 Å². The van der Waals surface area contributed by atoms with Crippen LogP contribution in [0, 0.1) is 6.92 Å². The number of halogens is 4. The highest BCUT2D eigenvalue weighted by Gasteiger charge is 2.15. The predicted molar refractivity (Wildman–Crippen MR) is 78.2 cm³/mol. The summed E-state index contributed by atoms with van der Waals surface area (Å²) in [5, 5.41) is 0.787. The van der Waals surface area contributed by atoms with Gasteiger partial charge < -0.3 is 0 Å². The number of aryl methyl sites for hydroxylation is 1. The average Bonchev–Trinajstić information content (AvgIpc) is 2.62. The Morgan fingerprint density at radius 2 is 1.76 bits per heavy atom. The first-order valence-electron chi connectivity index (χ1n) is 4.84. The molecule has 0 saturated heterocycles. The Kier molecular flexibility index (Phi) is 4.27. The molecule has 0 aliphatic carbocycles. The molecule has 0 aliphatic rings. The zero-order chi connectivity index (χ0) is 12.6. The second-order valence-corrected chi connectivity index (χ2v) is 6.58. The molecule has 1 atom stereocenters. The highest BCUT2D eigenvalue weighted by molar-refractivity contribution is 7.16. The normalized spacial score (nSPS) is 12.8. The summed E-state index contributed by atoms with van der Waals surface area (Å²) in [4.78, 5) is 1.01. The number of thiophene rings is 1. The molecule has 17 heavy (non-hydrogen) atoms. The van der Waals surface area contributed by atoms with Gasteiger partial charge in [0.25, 0.3) is 0 Å². The van der Waals surface area contributed by atoms with Crippen molar-refractivity contribution in [3.63, 3.8) is 0 Å². The minimum Gasteiger partial charge on any atom is -0.126 e. The fraction of sp³-hybridized carbons (Fsp3) is 0.167. The van der Waals surface area contributed by atoms with Crippen molar-refractivity contribution in [2.75, 3.05) is 0 Å². The fourth-order valence-electron chi connectivity index (χ4n) is 1.44. The van der Waals surface area contributed by atoms with Crippen LogP contribution < -0.4 is 0 Å². The minimum atomic E-state index is -0.249. The highest BCUT2D eigenvalue weighted by atomic mass is 35.5. The van der Waals surface area contributed by atoms with E-state index in [2.05, 4.69) is 0 Å². The van der Waals surface area contributed by atoms with Crippen LogP contribution in [0.15, 0.2) is 24.3 Å². The second kappa shape index (κ2) is 5.38. The zero-order valence-electron chi connectivity index (χ0n) is 8.81. The Morgan fingerprint density at radius 1 is 1.06 bits per heavy atom. The van der Waals surface area contributed by atoms with Crippen molar-refractivity contribution in [1.29, 1.82) is 0 Å². The first-order valence-corrected chi connectivity index (χ1v) is 7.22. The van der Waals surface area contributed by atoms with Gasteiger partial charge in [0.2, 0.25) is 0 Å². The van der Waals surface area contributed by atoms with Crippen LogP contribution in [0.3, 0.4) is 0 Å². The summed E-state index contributed by atoms with van der Waals surface area (Å²) < 4.78 is 0.769. The van der Waals surface area contributed by atoms with Crippen molar-refractivity contribution in [2.24, 2.45) is 0 Å². The van der Waals surface area contributed by atoms with Crippen LogP contribution in [0.1, 0.15) is 21.4 Å². The summed E-state index contributed by atoms with van der Waals surface area (Å²) in [6.45, 7) is 1.96. The third-order valence-electron chi connectivity index (χ3n) is 2.36. The Bertz CT molecular complexity index is 528. The maximum absolute atomic E-state index is 6.39. The van der Waals surface area contributed by atoms with Gasteiger partial charge in [-0.15, -0.1) is 22.9 Å². The summed E-state index contributed by atoms with van der Waals surface area (Å²) in [6.07, 6.45) is 0. The molecule has 0 saturated carbocycles. The number of hydrogen-bond acceptors (Lipinski definition) is 1. The van der Waals surface area contributed by atoms with Crippen LogP contribution in [0.2, 0.25) is 14.4 Å². The third-order valence-corrected chi connectivity index (χ3v) is 5.34. The van der Waals surface area contributed by atoms with E-state index in [4.69, 9.17) is 46.4 Å². The topological polar surface area (TPSA) is 0 Å². The Hall–Kier alpha value is 0.0800. The SMILES string of the molecule is Cc1cc(C(Cl)c2ccc(Cl)c(Cl)c2)sc1Cl. The molecule has 1 unspecified atom stereocenters. The lowest BCUT2D eigenvalue weighted by molar-refractivity contribution is 1.18. The molecular weight excluding hydrogens is 318 g/mol. The number of benzene rings is 1. The molecule has 5 heteroatoms. The van der Waals surface area contributed by atoms with Gasteiger partial charge in [0.1, 0.15) is 0 Å². The lowest BCUT2D eigenvalue weighted by Gasteiger charge is -2.08. The summed E-state index contributed by atoms with van der Waals surface area (Å²) in [6, 6.07) is 7.39. The smallest absolute Gasteiger partial charge is 0.0960 e. The predicted octanol–water partition coefficient (Wildman–Crippen LogP) is 6.34. The number of hydrogen-bond donors (Lipinski definition) is 0. The largest absolute Gasteiger partial charge is 0.126 e. The molecule has 0 radical (unpaired) electrons. The summed E-state index contributed by atoms with van der Waals surface area (Å²) in [5.41, 5.74) is 1.95. The molecule has 0 spiro atoms. The Labute approximate surface area is 124 Å². The van der Waals surface area contributed by atoms with Gasteiger partial charge >= 0.3 is 0 Å².